The molecule has 1 atom stereocenters. The minimum Gasteiger partial charge on any atom is -0.315 e. The van der Waals surface area contributed by atoms with Crippen molar-refractivity contribution in [2.45, 2.75) is 31.7 Å². The van der Waals surface area contributed by atoms with E-state index in [0.29, 0.717) is 6.07 Å². The highest BCUT2D eigenvalue weighted by atomic mass is 32.2. The fraction of sp³-hybridized carbons (Fsp3) is 0.538. The molecular formula is C13H19F2NO2S. The summed E-state index contributed by atoms with van der Waals surface area (Å²) in [4.78, 5) is -0.460. The summed E-state index contributed by atoms with van der Waals surface area (Å²) in [5.41, 5.74) is -0.293. The Labute approximate surface area is 112 Å². The standard InChI is InChI=1S/C13H19F2NO2S/c1-13(2,3)12(16-4)8-19(17,18)11-6-5-9(14)7-10(11)15/h5-7,12,16H,8H2,1-4H3. The third kappa shape index (κ3) is 3.98. The number of hydrogen-bond acceptors (Lipinski definition) is 3. The lowest BCUT2D eigenvalue weighted by Crippen LogP contribution is -2.43. The molecule has 1 aromatic carbocycles. The summed E-state index contributed by atoms with van der Waals surface area (Å²) in [5.74, 6) is -2.09. The summed E-state index contributed by atoms with van der Waals surface area (Å²) in [6.07, 6.45) is 0. The molecule has 0 aliphatic heterocycles. The van der Waals surface area contributed by atoms with Gasteiger partial charge in [0.05, 0.1) is 5.75 Å². The number of rotatable bonds is 4. The van der Waals surface area contributed by atoms with Crippen LogP contribution < -0.4 is 5.32 Å². The molecule has 0 radical (unpaired) electrons. The van der Waals surface area contributed by atoms with Gasteiger partial charge in [-0.1, -0.05) is 20.8 Å². The molecule has 19 heavy (non-hydrogen) atoms. The van der Waals surface area contributed by atoms with E-state index >= 15 is 0 Å². The normalized spacial score (nSPS) is 14.4. The fourth-order valence-electron chi connectivity index (χ4n) is 1.80. The molecule has 0 spiro atoms. The quantitative estimate of drug-likeness (QED) is 0.866. The van der Waals surface area contributed by atoms with Crippen LogP contribution in [0.2, 0.25) is 0 Å². The lowest BCUT2D eigenvalue weighted by atomic mass is 9.88. The second-order valence-electron chi connectivity index (χ2n) is 5.56. The first-order chi connectivity index (χ1) is 8.58. The lowest BCUT2D eigenvalue weighted by molar-refractivity contribution is 0.302. The van der Waals surface area contributed by atoms with Crippen LogP contribution in [0.25, 0.3) is 0 Å². The maximum Gasteiger partial charge on any atom is 0.182 e. The van der Waals surface area contributed by atoms with Crippen molar-refractivity contribution in [1.82, 2.24) is 5.32 Å². The van der Waals surface area contributed by atoms with Crippen LogP contribution in [0.3, 0.4) is 0 Å². The molecule has 0 saturated heterocycles. The zero-order valence-corrected chi connectivity index (χ0v) is 12.3. The molecule has 6 heteroatoms. The first kappa shape index (κ1) is 16.0. The molecule has 108 valence electrons. The number of sulfone groups is 1. The Balaban J connectivity index is 3.11. The Morgan fingerprint density at radius 1 is 1.26 bits per heavy atom. The molecule has 3 nitrogen and oxygen atoms in total. The number of nitrogens with one attached hydrogen (secondary N) is 1. The van der Waals surface area contributed by atoms with Gasteiger partial charge in [0.15, 0.2) is 9.84 Å². The van der Waals surface area contributed by atoms with Gasteiger partial charge < -0.3 is 5.32 Å². The van der Waals surface area contributed by atoms with E-state index in [1.165, 1.54) is 0 Å². The van der Waals surface area contributed by atoms with E-state index in [-0.39, 0.29) is 17.2 Å². The molecule has 0 aliphatic carbocycles. The summed E-state index contributed by atoms with van der Waals surface area (Å²) in [7, 11) is -2.15. The Kier molecular flexibility index (Phi) is 4.68. The van der Waals surface area contributed by atoms with Gasteiger partial charge in [-0.2, -0.15) is 0 Å². The molecule has 0 fully saturated rings. The van der Waals surface area contributed by atoms with Gasteiger partial charge in [-0.15, -0.1) is 0 Å². The number of benzene rings is 1. The van der Waals surface area contributed by atoms with Gasteiger partial charge in [0.2, 0.25) is 0 Å². The Morgan fingerprint density at radius 3 is 2.26 bits per heavy atom. The fourth-order valence-corrected chi connectivity index (χ4v) is 3.72. The number of hydrogen-bond donors (Lipinski definition) is 1. The van der Waals surface area contributed by atoms with Crippen LogP contribution in [-0.4, -0.2) is 27.3 Å². The van der Waals surface area contributed by atoms with Gasteiger partial charge in [0.1, 0.15) is 16.5 Å². The van der Waals surface area contributed by atoms with Crippen LogP contribution in [-0.2, 0) is 9.84 Å². The summed E-state index contributed by atoms with van der Waals surface area (Å²) in [6.45, 7) is 5.68. The first-order valence-corrected chi connectivity index (χ1v) is 7.58. The molecule has 0 amide bonds. The van der Waals surface area contributed by atoms with Gasteiger partial charge in [0.25, 0.3) is 0 Å². The zero-order valence-electron chi connectivity index (χ0n) is 11.5. The van der Waals surface area contributed by atoms with Crippen LogP contribution in [0.1, 0.15) is 20.8 Å². The van der Waals surface area contributed by atoms with E-state index in [9.17, 15) is 17.2 Å². The molecule has 0 bridgehead atoms. The predicted molar refractivity (Wildman–Crippen MR) is 70.7 cm³/mol. The molecule has 0 saturated carbocycles. The van der Waals surface area contributed by atoms with Gasteiger partial charge in [0, 0.05) is 12.1 Å². The molecular weight excluding hydrogens is 272 g/mol. The van der Waals surface area contributed by atoms with Crippen molar-refractivity contribution in [3.05, 3.63) is 29.8 Å². The molecule has 0 aromatic heterocycles. The van der Waals surface area contributed by atoms with Crippen molar-refractivity contribution < 1.29 is 17.2 Å². The van der Waals surface area contributed by atoms with Gasteiger partial charge >= 0.3 is 0 Å². The SMILES string of the molecule is CNC(CS(=O)(=O)c1ccc(F)cc1F)C(C)(C)C. The second-order valence-corrected chi connectivity index (χ2v) is 7.57. The maximum absolute atomic E-state index is 13.6. The highest BCUT2D eigenvalue weighted by Crippen LogP contribution is 2.24. The van der Waals surface area contributed by atoms with Gasteiger partial charge in [-0.25, -0.2) is 17.2 Å². The molecule has 1 N–H and O–H groups in total. The van der Waals surface area contributed by atoms with Crippen molar-refractivity contribution in [3.63, 3.8) is 0 Å². The van der Waals surface area contributed by atoms with Crippen molar-refractivity contribution in [2.24, 2.45) is 5.41 Å². The summed E-state index contributed by atoms with van der Waals surface area (Å²) in [5, 5.41) is 2.92. The molecule has 0 aliphatic rings. The topological polar surface area (TPSA) is 46.2 Å². The van der Waals surface area contributed by atoms with E-state index in [2.05, 4.69) is 5.32 Å². The first-order valence-electron chi connectivity index (χ1n) is 5.93. The average molecular weight is 291 g/mol. The van der Waals surface area contributed by atoms with Crippen LogP contribution >= 0.6 is 0 Å². The van der Waals surface area contributed by atoms with Crippen molar-refractivity contribution >= 4 is 9.84 Å². The predicted octanol–water partition coefficient (Wildman–Crippen LogP) is 2.37. The summed E-state index contributed by atoms with van der Waals surface area (Å²) in [6, 6.07) is 2.16. The number of halogens is 2. The van der Waals surface area contributed by atoms with Crippen molar-refractivity contribution in [3.8, 4) is 0 Å². The lowest BCUT2D eigenvalue weighted by Gasteiger charge is -2.30. The van der Waals surface area contributed by atoms with E-state index < -0.39 is 26.4 Å². The second kappa shape index (κ2) is 5.54. The molecule has 1 unspecified atom stereocenters. The van der Waals surface area contributed by atoms with Crippen LogP contribution in [0.4, 0.5) is 8.78 Å². The Bertz CT molecular complexity index is 550. The van der Waals surface area contributed by atoms with E-state index in [4.69, 9.17) is 0 Å². The molecule has 1 rings (SSSR count). The van der Waals surface area contributed by atoms with Crippen LogP contribution in [0.15, 0.2) is 23.1 Å². The van der Waals surface area contributed by atoms with E-state index in [0.717, 1.165) is 12.1 Å². The largest absolute Gasteiger partial charge is 0.315 e. The van der Waals surface area contributed by atoms with Crippen molar-refractivity contribution in [1.29, 1.82) is 0 Å². The monoisotopic (exact) mass is 291 g/mol. The minimum absolute atomic E-state index is 0.241. The van der Waals surface area contributed by atoms with E-state index in [1.807, 2.05) is 20.8 Å². The average Bonchev–Trinajstić information content (AvgIpc) is 2.23. The zero-order chi connectivity index (χ0) is 14.8. The third-order valence-electron chi connectivity index (χ3n) is 3.01. The minimum atomic E-state index is -3.81. The van der Waals surface area contributed by atoms with Crippen LogP contribution in [0, 0.1) is 17.0 Å². The van der Waals surface area contributed by atoms with E-state index in [1.54, 1.807) is 7.05 Å². The highest BCUT2D eigenvalue weighted by Gasteiger charge is 2.30. The third-order valence-corrected chi connectivity index (χ3v) is 4.78. The summed E-state index contributed by atoms with van der Waals surface area (Å²) < 4.78 is 50.7. The van der Waals surface area contributed by atoms with Gasteiger partial charge in [-0.3, -0.25) is 0 Å². The Morgan fingerprint density at radius 2 is 1.84 bits per heavy atom. The van der Waals surface area contributed by atoms with Crippen molar-refractivity contribution in [2.75, 3.05) is 12.8 Å². The molecule has 0 heterocycles. The highest BCUT2D eigenvalue weighted by molar-refractivity contribution is 7.91. The molecule has 1 aromatic rings. The van der Waals surface area contributed by atoms with Crippen LogP contribution in [0.5, 0.6) is 0 Å². The smallest absolute Gasteiger partial charge is 0.182 e. The maximum atomic E-state index is 13.6. The van der Waals surface area contributed by atoms with Gasteiger partial charge in [-0.05, 0) is 24.6 Å². The Hall–Kier alpha value is -1.01. The summed E-state index contributed by atoms with van der Waals surface area (Å²) >= 11 is 0.